The molecule has 6 aromatic rings. The highest BCUT2D eigenvalue weighted by Gasteiger charge is 2.54. The molecular weight excluding hydrogens is 996 g/mol. The highest BCUT2D eigenvalue weighted by molar-refractivity contribution is 8.00. The maximum absolute atomic E-state index is 14.2. The molecule has 0 unspecified atom stereocenters. The number of methoxy groups -OCH3 is 1. The van der Waals surface area contributed by atoms with E-state index < -0.39 is 34.7 Å². The Morgan fingerprint density at radius 1 is 0.881 bits per heavy atom. The van der Waals surface area contributed by atoms with E-state index in [1.165, 1.54) is 46.4 Å². The topological polar surface area (TPSA) is 135 Å². The Morgan fingerprint density at radius 3 is 2.19 bits per heavy atom. The van der Waals surface area contributed by atoms with Crippen LogP contribution in [-0.2, 0) is 55.5 Å². The van der Waals surface area contributed by atoms with E-state index in [-0.39, 0.29) is 47.7 Å². The lowest BCUT2D eigenvalue weighted by atomic mass is 9.77. The number of hydrogen-bond donors (Lipinski definition) is 2. The molecule has 0 spiro atoms. The minimum atomic E-state index is -0.944. The Kier molecular flexibility index (Phi) is 15.2. The Morgan fingerprint density at radius 2 is 1.55 bits per heavy atom. The number of pyridine rings is 1. The number of rotatable bonds is 17. The number of nitrogens with zero attached hydrogens (tertiary/aromatic N) is 4. The molecule has 2 N–H and O–H groups in total. The van der Waals surface area contributed by atoms with Gasteiger partial charge in [-0.2, -0.15) is 4.57 Å². The molecule has 1 fully saturated rings. The molecule has 2 aromatic heterocycles. The molecule has 9 rings (SSSR count). The van der Waals surface area contributed by atoms with Crippen LogP contribution < -0.4 is 43.9 Å². The maximum Gasteiger partial charge on any atom is 0.355 e. The number of benzene rings is 4. The van der Waals surface area contributed by atoms with Crippen molar-refractivity contribution in [2.75, 3.05) is 25.3 Å². The van der Waals surface area contributed by atoms with Gasteiger partial charge in [0, 0.05) is 29.2 Å². The smallest absolute Gasteiger partial charge is 0.355 e. The van der Waals surface area contributed by atoms with Gasteiger partial charge in [0.25, 0.3) is 11.8 Å². The molecule has 2 amide bonds. The van der Waals surface area contributed by atoms with Crippen molar-refractivity contribution >= 4 is 51.7 Å². The Balaban J connectivity index is 0.00000608. The quantitative estimate of drug-likeness (QED) is 0.0195. The number of carbonyl (C=O) groups excluding carboxylic acids is 3. The van der Waals surface area contributed by atoms with Gasteiger partial charge in [-0.25, -0.2) is 9.78 Å². The average Bonchev–Trinajstić information content (AvgIpc) is 4.06. The molecule has 0 saturated carbocycles. The van der Waals surface area contributed by atoms with Gasteiger partial charge in [-0.05, 0) is 71.4 Å². The third-order valence-corrected chi connectivity index (χ3v) is 14.2. The van der Waals surface area contributed by atoms with Crippen LogP contribution >= 0.6 is 23.1 Å². The van der Waals surface area contributed by atoms with Gasteiger partial charge in [0.15, 0.2) is 29.3 Å². The van der Waals surface area contributed by atoms with E-state index in [1.54, 1.807) is 24.6 Å². The summed E-state index contributed by atoms with van der Waals surface area (Å²) in [6.07, 6.45) is 10.0. The van der Waals surface area contributed by atoms with Crippen LogP contribution in [0.3, 0.4) is 0 Å². The van der Waals surface area contributed by atoms with Crippen LogP contribution in [0.4, 0.5) is 5.13 Å². The number of hydrogen-bond acceptors (Lipinski definition) is 11. The molecule has 2 aliphatic heterocycles. The van der Waals surface area contributed by atoms with Crippen molar-refractivity contribution in [2.24, 2.45) is 5.16 Å². The minimum absolute atomic E-state index is 0. The van der Waals surface area contributed by atoms with E-state index in [2.05, 4.69) is 81.2 Å². The lowest BCUT2D eigenvalue weighted by molar-refractivity contribution is -0.694. The zero-order chi connectivity index (χ0) is 45.5. The van der Waals surface area contributed by atoms with Gasteiger partial charge >= 0.3 is 5.97 Å². The number of ether oxygens (including phenoxy) is 2. The molecule has 3 aliphatic rings. The van der Waals surface area contributed by atoms with Crippen LogP contribution in [0.1, 0.15) is 52.0 Å². The monoisotopic (exact) mass is 1040 g/mol. The summed E-state index contributed by atoms with van der Waals surface area (Å²) in [5.74, 6) is -0.523. The van der Waals surface area contributed by atoms with Crippen molar-refractivity contribution < 1.29 is 57.2 Å². The molecule has 0 radical (unpaired) electrons. The van der Waals surface area contributed by atoms with E-state index in [0.29, 0.717) is 29.6 Å². The third-order valence-electron chi connectivity index (χ3n) is 12.1. The molecule has 4 aromatic carbocycles. The number of fused-ring (bicyclic) bond motifs is 2. The van der Waals surface area contributed by atoms with E-state index in [4.69, 9.17) is 19.3 Å². The molecule has 1 saturated heterocycles. The number of β-lactam (4-membered cyclic amide) rings is 1. The van der Waals surface area contributed by atoms with Gasteiger partial charge in [-0.1, -0.05) is 114 Å². The van der Waals surface area contributed by atoms with E-state index in [9.17, 15) is 14.4 Å². The van der Waals surface area contributed by atoms with Crippen molar-refractivity contribution in [3.05, 3.63) is 202 Å². The number of nitrogens with one attached hydrogen (secondary N) is 2. The zero-order valence-corrected chi connectivity index (χ0v) is 40.8. The summed E-state index contributed by atoms with van der Waals surface area (Å²) in [4.78, 5) is 53.9. The van der Waals surface area contributed by atoms with Crippen molar-refractivity contribution in [1.29, 1.82) is 0 Å². The predicted octanol–water partition coefficient (Wildman–Crippen LogP) is 4.73. The van der Waals surface area contributed by atoms with Gasteiger partial charge < -0.3 is 48.9 Å². The van der Waals surface area contributed by atoms with E-state index in [1.807, 2.05) is 72.8 Å². The first-order valence-electron chi connectivity index (χ1n) is 21.8. The third kappa shape index (κ3) is 9.90. The van der Waals surface area contributed by atoms with Crippen LogP contribution in [0.15, 0.2) is 168 Å². The summed E-state index contributed by atoms with van der Waals surface area (Å²) in [5, 5.41) is 12.5. The molecule has 15 heteroatoms. The normalized spacial score (nSPS) is 16.7. The van der Waals surface area contributed by atoms with Gasteiger partial charge in [-0.15, -0.1) is 23.1 Å². The summed E-state index contributed by atoms with van der Waals surface area (Å²) < 4.78 is 13.4. The number of carbonyl (C=O) groups is 3. The minimum Gasteiger partial charge on any atom is -1.00 e. The molecule has 67 heavy (non-hydrogen) atoms. The molecule has 2 atom stereocenters. The number of aromatic nitrogens is 2. The van der Waals surface area contributed by atoms with Crippen LogP contribution in [0.25, 0.3) is 0 Å². The number of thioether (sulfide) groups is 1. The Labute approximate surface area is 415 Å². The summed E-state index contributed by atoms with van der Waals surface area (Å²) in [7, 11) is 2.94. The summed E-state index contributed by atoms with van der Waals surface area (Å²) in [6, 6.07) is 41.0. The highest BCUT2D eigenvalue weighted by atomic mass is 127. The van der Waals surface area contributed by atoms with Gasteiger partial charge in [0.05, 0.1) is 7.11 Å². The van der Waals surface area contributed by atoms with Crippen LogP contribution in [0.5, 0.6) is 5.75 Å². The van der Waals surface area contributed by atoms with Crippen molar-refractivity contribution in [3.8, 4) is 5.75 Å². The molecular formula is C52H49IN6O6S2. The largest absolute Gasteiger partial charge is 1.00 e. The van der Waals surface area contributed by atoms with E-state index >= 15 is 0 Å². The second kappa shape index (κ2) is 21.6. The fourth-order valence-corrected chi connectivity index (χ4v) is 11.0. The van der Waals surface area contributed by atoms with Crippen molar-refractivity contribution in [3.63, 3.8) is 0 Å². The molecule has 1 aliphatic carbocycles. The number of aryl methyl sites for hydroxylation is 1. The molecule has 0 bridgehead atoms. The summed E-state index contributed by atoms with van der Waals surface area (Å²) in [5.41, 5.74) is 6.81. The van der Waals surface area contributed by atoms with Crippen molar-refractivity contribution in [2.45, 2.75) is 55.8 Å². The number of thiazole rings is 1. The lowest BCUT2D eigenvalue weighted by Crippen LogP contribution is -3.00. The first kappa shape index (κ1) is 47.2. The number of oxime groups is 1. The SMILES string of the molecule is CO/N=C(\C(=O)N[C@@H]1C(=O)N2C(C(=O)OCc3ccc(OC)cc3)=C(C/C=C/C[n+]3cccc4c3CCC4)CS[C@H]12)c1csc(NC(c2ccccc2)(c2ccccc2)c2ccccc2)n1.[I-]. The Hall–Kier alpha value is -6.30. The summed E-state index contributed by atoms with van der Waals surface area (Å²) >= 11 is 2.81. The number of esters is 1. The standard InChI is InChI=1S/C52H48N6O6S2.HI/c1-62-41-28-26-35(27-29-41)32-64-50(61)46-37(16-12-13-30-57-31-15-18-36-17-14-25-43(36)57)33-65-49-45(48(60)58(46)49)54-47(59)44(56-63-2)42-34-66-51(53-42)55-52(38-19-6-3-7-20-38,39-21-8-4-9-22-39)40-23-10-5-11-24-40;/h3-13,15,18-24,26-29,31,34,45,49H,14,16-17,25,30,32-33H2,1-2H3,(H-,53,54,55,59);1H/b13-12+,56-44-;/t45-,49-;/m1./s1. The number of anilines is 1. The lowest BCUT2D eigenvalue weighted by Gasteiger charge is -2.49. The highest BCUT2D eigenvalue weighted by Crippen LogP contribution is 2.43. The summed E-state index contributed by atoms with van der Waals surface area (Å²) in [6.45, 7) is 0.714. The molecule has 12 nitrogen and oxygen atoms in total. The van der Waals surface area contributed by atoms with E-state index in [0.717, 1.165) is 47.1 Å². The van der Waals surface area contributed by atoms with Crippen molar-refractivity contribution in [1.82, 2.24) is 15.2 Å². The second-order valence-corrected chi connectivity index (χ2v) is 18.0. The number of amides is 2. The zero-order valence-electron chi connectivity index (χ0n) is 37.0. The Bertz CT molecular complexity index is 2710. The first-order chi connectivity index (χ1) is 32.4. The first-order valence-corrected chi connectivity index (χ1v) is 23.8. The number of allylic oxidation sites excluding steroid dienone is 2. The van der Waals surface area contributed by atoms with Gasteiger partial charge in [-0.3, -0.25) is 14.5 Å². The van der Waals surface area contributed by atoms with Gasteiger partial charge in [0.2, 0.25) is 0 Å². The fourth-order valence-electron chi connectivity index (χ4n) is 8.85. The fraction of sp³-hybridized carbons (Fsp3) is 0.231. The van der Waals surface area contributed by atoms with Crippen LogP contribution in [0, 0.1) is 0 Å². The van der Waals surface area contributed by atoms with Crippen LogP contribution in [-0.4, -0.2) is 64.8 Å². The molecule has 342 valence electrons. The molecule has 4 heterocycles. The maximum atomic E-state index is 14.2. The van der Waals surface area contributed by atoms with Gasteiger partial charge in [0.1, 0.15) is 47.8 Å². The van der Waals surface area contributed by atoms with Crippen LogP contribution in [0.2, 0.25) is 0 Å². The average molecular weight is 1050 g/mol. The second-order valence-electron chi connectivity index (χ2n) is 16.0. The predicted molar refractivity (Wildman–Crippen MR) is 256 cm³/mol. The number of halogens is 1.